The molecule has 6 heteroatoms. The molecule has 0 atom stereocenters. The van der Waals surface area contributed by atoms with Crippen LogP contribution in [0.1, 0.15) is 15.9 Å². The van der Waals surface area contributed by atoms with E-state index in [1.807, 2.05) is 0 Å². The normalized spacial score (nSPS) is 12.9. The number of hydrogen-bond acceptors (Lipinski definition) is 4. The number of amides is 2. The van der Waals surface area contributed by atoms with Gasteiger partial charge in [-0.3, -0.25) is 9.59 Å². The van der Waals surface area contributed by atoms with Gasteiger partial charge in [0.15, 0.2) is 6.61 Å². The highest BCUT2D eigenvalue weighted by atomic mass is 16.5. The van der Waals surface area contributed by atoms with Crippen molar-refractivity contribution >= 4 is 23.2 Å². The van der Waals surface area contributed by atoms with Crippen molar-refractivity contribution in [2.75, 3.05) is 17.2 Å². The predicted molar refractivity (Wildman–Crippen MR) is 81.4 cm³/mol. The van der Waals surface area contributed by atoms with Crippen molar-refractivity contribution in [1.29, 1.82) is 0 Å². The molecule has 0 aromatic heterocycles. The van der Waals surface area contributed by atoms with Gasteiger partial charge in [0.2, 0.25) is 0 Å². The SMILES string of the molecule is Cc1cc(O)ccc1NC(=O)c1ccc2c(c1)NC(=O)CO2. The minimum absolute atomic E-state index is 0.0226. The first kappa shape index (κ1) is 13.9. The Morgan fingerprint density at radius 2 is 2.09 bits per heavy atom. The van der Waals surface area contributed by atoms with Crippen molar-refractivity contribution in [3.63, 3.8) is 0 Å². The molecule has 0 saturated carbocycles. The smallest absolute Gasteiger partial charge is 0.262 e. The van der Waals surface area contributed by atoms with Crippen molar-refractivity contribution < 1.29 is 19.4 Å². The summed E-state index contributed by atoms with van der Waals surface area (Å²) in [5.41, 5.74) is 2.24. The van der Waals surface area contributed by atoms with Gasteiger partial charge in [0, 0.05) is 11.3 Å². The molecule has 1 aliphatic heterocycles. The molecule has 3 rings (SSSR count). The summed E-state index contributed by atoms with van der Waals surface area (Å²) in [6, 6.07) is 9.54. The van der Waals surface area contributed by atoms with Gasteiger partial charge in [0.25, 0.3) is 11.8 Å². The Bertz CT molecular complexity index is 771. The first-order chi connectivity index (χ1) is 10.5. The molecule has 3 N–H and O–H groups in total. The van der Waals surface area contributed by atoms with E-state index in [9.17, 15) is 14.7 Å². The van der Waals surface area contributed by atoms with Crippen LogP contribution in [0.2, 0.25) is 0 Å². The van der Waals surface area contributed by atoms with Gasteiger partial charge in [-0.1, -0.05) is 0 Å². The average molecular weight is 298 g/mol. The number of rotatable bonds is 2. The van der Waals surface area contributed by atoms with E-state index in [0.29, 0.717) is 22.7 Å². The maximum absolute atomic E-state index is 12.3. The van der Waals surface area contributed by atoms with Crippen molar-refractivity contribution in [3.8, 4) is 11.5 Å². The maximum atomic E-state index is 12.3. The Morgan fingerprint density at radius 1 is 1.27 bits per heavy atom. The van der Waals surface area contributed by atoms with Gasteiger partial charge in [0.05, 0.1) is 5.69 Å². The standard InChI is InChI=1S/C16H14N2O4/c1-9-6-11(19)3-4-12(9)18-16(21)10-2-5-14-13(7-10)17-15(20)8-22-14/h2-7,19H,8H2,1H3,(H,17,20)(H,18,21). The van der Waals surface area contributed by atoms with Gasteiger partial charge in [-0.15, -0.1) is 0 Å². The molecule has 1 heterocycles. The zero-order valence-electron chi connectivity index (χ0n) is 11.8. The summed E-state index contributed by atoms with van der Waals surface area (Å²) < 4.78 is 5.25. The van der Waals surface area contributed by atoms with Gasteiger partial charge < -0.3 is 20.5 Å². The lowest BCUT2D eigenvalue weighted by molar-refractivity contribution is -0.118. The fraction of sp³-hybridized carbons (Fsp3) is 0.125. The molecule has 0 saturated heterocycles. The Balaban J connectivity index is 1.83. The molecule has 22 heavy (non-hydrogen) atoms. The van der Waals surface area contributed by atoms with E-state index in [1.54, 1.807) is 37.3 Å². The second-order valence-electron chi connectivity index (χ2n) is 5.00. The zero-order chi connectivity index (χ0) is 15.7. The molecule has 0 bridgehead atoms. The average Bonchev–Trinajstić information content (AvgIpc) is 2.49. The number of aryl methyl sites for hydroxylation is 1. The number of carbonyl (C=O) groups is 2. The molecule has 6 nitrogen and oxygen atoms in total. The Morgan fingerprint density at radius 3 is 2.86 bits per heavy atom. The van der Waals surface area contributed by atoms with E-state index in [0.717, 1.165) is 5.56 Å². The number of aromatic hydroxyl groups is 1. The van der Waals surface area contributed by atoms with Gasteiger partial charge >= 0.3 is 0 Å². The Hall–Kier alpha value is -3.02. The number of benzene rings is 2. The molecule has 0 fully saturated rings. The first-order valence-electron chi connectivity index (χ1n) is 6.70. The minimum Gasteiger partial charge on any atom is -0.508 e. The van der Waals surface area contributed by atoms with Crippen molar-refractivity contribution in [1.82, 2.24) is 0 Å². The van der Waals surface area contributed by atoms with E-state index < -0.39 is 0 Å². The van der Waals surface area contributed by atoms with Crippen LogP contribution in [0.4, 0.5) is 11.4 Å². The van der Waals surface area contributed by atoms with Crippen LogP contribution in [-0.2, 0) is 4.79 Å². The van der Waals surface area contributed by atoms with E-state index in [4.69, 9.17) is 4.74 Å². The van der Waals surface area contributed by atoms with Crippen molar-refractivity contribution in [2.45, 2.75) is 6.92 Å². The molecule has 0 spiro atoms. The molecular weight excluding hydrogens is 284 g/mol. The van der Waals surface area contributed by atoms with Gasteiger partial charge in [0.1, 0.15) is 11.5 Å². The topological polar surface area (TPSA) is 87.7 Å². The lowest BCUT2D eigenvalue weighted by atomic mass is 10.1. The van der Waals surface area contributed by atoms with Gasteiger partial charge in [-0.05, 0) is 48.9 Å². The second kappa shape index (κ2) is 5.40. The second-order valence-corrected chi connectivity index (χ2v) is 5.00. The van der Waals surface area contributed by atoms with E-state index in [-0.39, 0.29) is 24.2 Å². The molecule has 0 radical (unpaired) electrons. The van der Waals surface area contributed by atoms with Crippen LogP contribution in [0.3, 0.4) is 0 Å². The van der Waals surface area contributed by atoms with Crippen LogP contribution in [-0.4, -0.2) is 23.5 Å². The van der Waals surface area contributed by atoms with Crippen LogP contribution in [0.25, 0.3) is 0 Å². The number of phenolic OH excluding ortho intramolecular Hbond substituents is 1. The minimum atomic E-state index is -0.309. The summed E-state index contributed by atoms with van der Waals surface area (Å²) in [5.74, 6) is 0.122. The molecule has 1 aliphatic rings. The number of fused-ring (bicyclic) bond motifs is 1. The number of phenols is 1. The third kappa shape index (κ3) is 2.71. The molecule has 2 aromatic carbocycles. The summed E-state index contributed by atoms with van der Waals surface area (Å²) >= 11 is 0. The largest absolute Gasteiger partial charge is 0.508 e. The number of ether oxygens (including phenoxy) is 1. The summed E-state index contributed by atoms with van der Waals surface area (Å²) in [6.07, 6.45) is 0. The lowest BCUT2D eigenvalue weighted by Gasteiger charge is -2.18. The zero-order valence-corrected chi connectivity index (χ0v) is 11.8. The summed E-state index contributed by atoms with van der Waals surface area (Å²) in [5, 5.41) is 14.8. The summed E-state index contributed by atoms with van der Waals surface area (Å²) in [7, 11) is 0. The highest BCUT2D eigenvalue weighted by molar-refractivity contribution is 6.06. The summed E-state index contributed by atoms with van der Waals surface area (Å²) in [4.78, 5) is 23.6. The van der Waals surface area contributed by atoms with E-state index >= 15 is 0 Å². The number of hydrogen-bond donors (Lipinski definition) is 3. The molecular formula is C16H14N2O4. The third-order valence-electron chi connectivity index (χ3n) is 3.33. The van der Waals surface area contributed by atoms with Crippen LogP contribution in [0.5, 0.6) is 11.5 Å². The quantitative estimate of drug-likeness (QED) is 0.742. The van der Waals surface area contributed by atoms with Crippen LogP contribution in [0, 0.1) is 6.92 Å². The highest BCUT2D eigenvalue weighted by Gasteiger charge is 2.18. The molecule has 2 aromatic rings. The first-order valence-corrected chi connectivity index (χ1v) is 6.70. The Labute approximate surface area is 126 Å². The third-order valence-corrected chi connectivity index (χ3v) is 3.33. The number of nitrogens with one attached hydrogen (secondary N) is 2. The lowest BCUT2D eigenvalue weighted by Crippen LogP contribution is -2.25. The van der Waals surface area contributed by atoms with E-state index in [1.165, 1.54) is 6.07 Å². The molecule has 0 unspecified atom stereocenters. The summed E-state index contributed by atoms with van der Waals surface area (Å²) in [6.45, 7) is 1.77. The Kier molecular flexibility index (Phi) is 3.42. The van der Waals surface area contributed by atoms with Gasteiger partial charge in [-0.25, -0.2) is 0 Å². The number of anilines is 2. The fourth-order valence-electron chi connectivity index (χ4n) is 2.21. The van der Waals surface area contributed by atoms with Crippen LogP contribution in [0.15, 0.2) is 36.4 Å². The highest BCUT2D eigenvalue weighted by Crippen LogP contribution is 2.29. The van der Waals surface area contributed by atoms with Crippen LogP contribution >= 0.6 is 0 Å². The predicted octanol–water partition coefficient (Wildman–Crippen LogP) is 2.28. The molecule has 2 amide bonds. The fourth-order valence-corrected chi connectivity index (χ4v) is 2.21. The molecule has 0 aliphatic carbocycles. The van der Waals surface area contributed by atoms with Crippen molar-refractivity contribution in [3.05, 3.63) is 47.5 Å². The van der Waals surface area contributed by atoms with Crippen molar-refractivity contribution in [2.24, 2.45) is 0 Å². The van der Waals surface area contributed by atoms with Gasteiger partial charge in [-0.2, -0.15) is 0 Å². The monoisotopic (exact) mass is 298 g/mol. The molecule has 112 valence electrons. The number of carbonyl (C=O) groups excluding carboxylic acids is 2. The van der Waals surface area contributed by atoms with Crippen LogP contribution < -0.4 is 15.4 Å². The van der Waals surface area contributed by atoms with E-state index in [2.05, 4.69) is 10.6 Å². The maximum Gasteiger partial charge on any atom is 0.262 e.